The molecule has 0 aromatic heterocycles. The first-order valence-electron chi connectivity index (χ1n) is 10.8. The smallest absolute Gasteiger partial charge is 0.344 e. The fraction of sp³-hybridized carbons (Fsp3) is 0.320. The Morgan fingerprint density at radius 3 is 2.62 bits per heavy atom. The lowest BCUT2D eigenvalue weighted by Crippen LogP contribution is -2.40. The van der Waals surface area contributed by atoms with Crippen molar-refractivity contribution in [1.82, 2.24) is 9.80 Å². The Morgan fingerprint density at radius 1 is 1.12 bits per heavy atom. The normalized spacial score (nSPS) is 20.9. The third kappa shape index (κ3) is 3.68. The molecule has 1 aliphatic carbocycles. The Hall–Kier alpha value is -3.48. The lowest BCUT2D eigenvalue weighted by molar-refractivity contribution is -0.133. The van der Waals surface area contributed by atoms with Crippen molar-refractivity contribution in [3.05, 3.63) is 70.5 Å². The first-order valence-corrected chi connectivity index (χ1v) is 10.8. The molecule has 1 unspecified atom stereocenters. The summed E-state index contributed by atoms with van der Waals surface area (Å²) in [5.74, 6) is -0.805. The van der Waals surface area contributed by atoms with Gasteiger partial charge in [0, 0.05) is 31.6 Å². The first-order chi connectivity index (χ1) is 15.4. The van der Waals surface area contributed by atoms with E-state index in [4.69, 9.17) is 4.74 Å². The van der Waals surface area contributed by atoms with E-state index in [1.54, 1.807) is 47.2 Å². The molecule has 0 radical (unpaired) electrons. The van der Waals surface area contributed by atoms with Crippen LogP contribution in [0.3, 0.4) is 0 Å². The number of cyclic esters (lactones) is 1. The van der Waals surface area contributed by atoms with Crippen molar-refractivity contribution in [3.8, 4) is 0 Å². The van der Waals surface area contributed by atoms with Crippen LogP contribution < -0.4 is 0 Å². The van der Waals surface area contributed by atoms with Gasteiger partial charge in [-0.2, -0.15) is 0 Å². The van der Waals surface area contributed by atoms with Crippen LogP contribution in [0.5, 0.6) is 0 Å². The summed E-state index contributed by atoms with van der Waals surface area (Å²) in [5.41, 5.74) is 1.67. The molecule has 2 aliphatic heterocycles. The van der Waals surface area contributed by atoms with Crippen LogP contribution >= 0.6 is 0 Å². The van der Waals surface area contributed by atoms with E-state index >= 15 is 0 Å². The molecule has 0 bridgehead atoms. The largest absolute Gasteiger partial charge is 0.422 e. The SMILES string of the molecule is CN(C(=O)C1CC1)C1CCN(C(=O)c2cc(/C=C3\OC(=O)c4ccccc43)ccc2F)C1. The summed E-state index contributed by atoms with van der Waals surface area (Å²) >= 11 is 0. The van der Waals surface area contributed by atoms with Crippen molar-refractivity contribution >= 4 is 29.6 Å². The molecule has 0 spiro atoms. The highest BCUT2D eigenvalue weighted by molar-refractivity contribution is 6.06. The van der Waals surface area contributed by atoms with Crippen molar-refractivity contribution in [3.63, 3.8) is 0 Å². The molecular formula is C25H23FN2O4. The van der Waals surface area contributed by atoms with Gasteiger partial charge in [0.25, 0.3) is 5.91 Å². The van der Waals surface area contributed by atoms with Crippen LogP contribution in [0, 0.1) is 11.7 Å². The van der Waals surface area contributed by atoms with Gasteiger partial charge in [-0.3, -0.25) is 9.59 Å². The number of carbonyl (C=O) groups is 3. The lowest BCUT2D eigenvalue weighted by atomic mass is 10.0. The fourth-order valence-corrected chi connectivity index (χ4v) is 4.35. The average Bonchev–Trinajstić information content (AvgIpc) is 3.45. The Bertz CT molecular complexity index is 1150. The Morgan fingerprint density at radius 2 is 1.88 bits per heavy atom. The molecule has 2 aromatic carbocycles. The summed E-state index contributed by atoms with van der Waals surface area (Å²) in [6, 6.07) is 11.3. The highest BCUT2D eigenvalue weighted by Crippen LogP contribution is 2.33. The molecule has 32 heavy (non-hydrogen) atoms. The number of fused-ring (bicyclic) bond motifs is 1. The van der Waals surface area contributed by atoms with Crippen molar-refractivity contribution in [2.45, 2.75) is 25.3 Å². The number of halogens is 1. The molecule has 2 heterocycles. The molecule has 1 saturated heterocycles. The summed E-state index contributed by atoms with van der Waals surface area (Å²) in [5, 5.41) is 0. The average molecular weight is 434 g/mol. The number of rotatable bonds is 4. The number of esters is 1. The maximum atomic E-state index is 14.6. The molecule has 2 amide bonds. The Kier molecular flexibility index (Phi) is 5.04. The maximum Gasteiger partial charge on any atom is 0.344 e. The topological polar surface area (TPSA) is 66.9 Å². The van der Waals surface area contributed by atoms with Crippen LogP contribution in [0.1, 0.15) is 51.1 Å². The fourth-order valence-electron chi connectivity index (χ4n) is 4.35. The van der Waals surface area contributed by atoms with Crippen molar-refractivity contribution in [1.29, 1.82) is 0 Å². The molecule has 2 aromatic rings. The van der Waals surface area contributed by atoms with E-state index < -0.39 is 17.7 Å². The molecule has 0 N–H and O–H groups in total. The lowest BCUT2D eigenvalue weighted by Gasteiger charge is -2.25. The third-order valence-electron chi connectivity index (χ3n) is 6.41. The number of nitrogens with zero attached hydrogens (tertiary/aromatic N) is 2. The van der Waals surface area contributed by atoms with Crippen molar-refractivity contribution in [2.24, 2.45) is 5.92 Å². The molecule has 1 atom stereocenters. The van der Waals surface area contributed by atoms with Crippen LogP contribution in [0.15, 0.2) is 42.5 Å². The minimum Gasteiger partial charge on any atom is -0.422 e. The standard InChI is InChI=1S/C25H23FN2O4/c1-27(23(29)16-7-8-16)17-10-11-28(14-17)24(30)20-12-15(6-9-21(20)26)13-22-18-4-2-3-5-19(18)25(31)32-22/h2-6,9,12-13,16-17H,7-8,10-11,14H2,1H3/b22-13-. The Labute approximate surface area is 185 Å². The summed E-state index contributed by atoms with van der Waals surface area (Å²) < 4.78 is 19.9. The van der Waals surface area contributed by atoms with E-state index in [1.807, 2.05) is 6.07 Å². The van der Waals surface area contributed by atoms with Gasteiger partial charge in [0.2, 0.25) is 5.91 Å². The number of ether oxygens (including phenoxy) is 1. The van der Waals surface area contributed by atoms with E-state index in [1.165, 1.54) is 12.1 Å². The first kappa shape index (κ1) is 20.4. The highest BCUT2D eigenvalue weighted by Gasteiger charge is 2.38. The molecule has 3 aliphatic rings. The highest BCUT2D eigenvalue weighted by atomic mass is 19.1. The van der Waals surface area contributed by atoms with Gasteiger partial charge < -0.3 is 14.5 Å². The molecule has 6 nitrogen and oxygen atoms in total. The van der Waals surface area contributed by atoms with E-state index in [-0.39, 0.29) is 23.4 Å². The molecule has 5 rings (SSSR count). The summed E-state index contributed by atoms with van der Waals surface area (Å²) in [7, 11) is 1.79. The van der Waals surface area contributed by atoms with Gasteiger partial charge in [-0.15, -0.1) is 0 Å². The maximum absolute atomic E-state index is 14.6. The second-order valence-electron chi connectivity index (χ2n) is 8.60. The number of benzene rings is 2. The third-order valence-corrected chi connectivity index (χ3v) is 6.41. The zero-order chi connectivity index (χ0) is 22.4. The number of likely N-dealkylation sites (tertiary alicyclic amines) is 1. The number of likely N-dealkylation sites (N-methyl/N-ethyl adjacent to an activating group) is 1. The minimum absolute atomic E-state index is 0.0335. The molecule has 2 fully saturated rings. The Balaban J connectivity index is 1.35. The summed E-state index contributed by atoms with van der Waals surface area (Å²) in [6.45, 7) is 0.866. The summed E-state index contributed by atoms with van der Waals surface area (Å²) in [4.78, 5) is 40.8. The number of carbonyl (C=O) groups excluding carboxylic acids is 3. The number of hydrogen-bond acceptors (Lipinski definition) is 4. The van der Waals surface area contributed by atoms with E-state index in [0.717, 1.165) is 12.8 Å². The van der Waals surface area contributed by atoms with Crippen molar-refractivity contribution < 1.29 is 23.5 Å². The second kappa shape index (κ2) is 7.89. The molecular weight excluding hydrogens is 411 g/mol. The van der Waals surface area contributed by atoms with Crippen LogP contribution in [0.4, 0.5) is 4.39 Å². The van der Waals surface area contributed by atoms with E-state index in [0.29, 0.717) is 42.0 Å². The number of hydrogen-bond donors (Lipinski definition) is 0. The predicted molar refractivity (Wildman–Crippen MR) is 116 cm³/mol. The quantitative estimate of drug-likeness (QED) is 0.690. The number of amides is 2. The van der Waals surface area contributed by atoms with Crippen molar-refractivity contribution in [2.75, 3.05) is 20.1 Å². The molecule has 7 heteroatoms. The van der Waals surface area contributed by atoms with Crippen LogP contribution in [-0.2, 0) is 9.53 Å². The minimum atomic E-state index is -0.605. The van der Waals surface area contributed by atoms with Gasteiger partial charge in [0.05, 0.1) is 17.2 Å². The zero-order valence-corrected chi connectivity index (χ0v) is 17.7. The van der Waals surface area contributed by atoms with E-state index in [9.17, 15) is 18.8 Å². The summed E-state index contributed by atoms with van der Waals surface area (Å²) in [6.07, 6.45) is 4.19. The van der Waals surface area contributed by atoms with Crippen LogP contribution in [-0.4, -0.2) is 53.8 Å². The van der Waals surface area contributed by atoms with Gasteiger partial charge >= 0.3 is 5.97 Å². The molecule has 1 saturated carbocycles. The van der Waals surface area contributed by atoms with Gasteiger partial charge in [-0.25, -0.2) is 9.18 Å². The van der Waals surface area contributed by atoms with E-state index in [2.05, 4.69) is 0 Å². The molecule has 164 valence electrons. The van der Waals surface area contributed by atoms with Gasteiger partial charge in [-0.1, -0.05) is 24.3 Å². The monoisotopic (exact) mass is 434 g/mol. The van der Waals surface area contributed by atoms with Gasteiger partial charge in [-0.05, 0) is 49.1 Å². The second-order valence-corrected chi connectivity index (χ2v) is 8.60. The van der Waals surface area contributed by atoms with Gasteiger partial charge in [0.15, 0.2) is 0 Å². The predicted octanol–water partition coefficient (Wildman–Crippen LogP) is 3.58. The van der Waals surface area contributed by atoms with Crippen LogP contribution in [0.2, 0.25) is 0 Å². The zero-order valence-electron chi connectivity index (χ0n) is 17.7. The van der Waals surface area contributed by atoms with Crippen LogP contribution in [0.25, 0.3) is 11.8 Å². The van der Waals surface area contributed by atoms with Gasteiger partial charge in [0.1, 0.15) is 11.6 Å².